The molecule has 2 aromatic carbocycles. The number of hydrogen-bond acceptors (Lipinski definition) is 6. The summed E-state index contributed by atoms with van der Waals surface area (Å²) in [5.74, 6) is 0.407. The molecular weight excluding hydrogens is 364 g/mol. The highest BCUT2D eigenvalue weighted by molar-refractivity contribution is 7.71. The quantitative estimate of drug-likeness (QED) is 0.428. The van der Waals surface area contributed by atoms with E-state index in [1.165, 1.54) is 0 Å². The van der Waals surface area contributed by atoms with Gasteiger partial charge in [0.2, 0.25) is 6.41 Å². The van der Waals surface area contributed by atoms with E-state index in [9.17, 15) is 13.2 Å². The second kappa shape index (κ2) is 8.13. The average Bonchev–Trinajstić information content (AvgIpc) is 2.63. The molecule has 0 bridgehead atoms. The fraction of sp³-hybridized carbons (Fsp3) is 0.211. The number of aromatic nitrogens is 2. The van der Waals surface area contributed by atoms with Gasteiger partial charge in [-0.25, -0.2) is 8.42 Å². The van der Waals surface area contributed by atoms with Crippen molar-refractivity contribution in [2.45, 2.75) is 25.6 Å². The van der Waals surface area contributed by atoms with Crippen LogP contribution in [0.4, 0.5) is 11.5 Å². The summed E-state index contributed by atoms with van der Waals surface area (Å²) < 4.78 is 21.7. The van der Waals surface area contributed by atoms with Crippen LogP contribution >= 0.6 is 0 Å². The zero-order chi connectivity index (χ0) is 19.4. The molecule has 7 nitrogen and oxygen atoms in total. The van der Waals surface area contributed by atoms with E-state index in [2.05, 4.69) is 20.8 Å². The van der Waals surface area contributed by atoms with E-state index in [0.717, 1.165) is 22.1 Å². The maximum Gasteiger partial charge on any atom is 0.212 e. The second-order valence-corrected chi connectivity index (χ2v) is 7.39. The molecule has 2 N–H and O–H groups in total. The Morgan fingerprint density at radius 2 is 1.74 bits per heavy atom. The second-order valence-electron chi connectivity index (χ2n) is 6.40. The van der Waals surface area contributed by atoms with Crippen LogP contribution in [0.15, 0.2) is 42.5 Å². The summed E-state index contributed by atoms with van der Waals surface area (Å²) in [6.45, 7) is 4.00. The summed E-state index contributed by atoms with van der Waals surface area (Å²) >= 11 is 0. The molecule has 3 aromatic rings. The van der Waals surface area contributed by atoms with E-state index >= 15 is 0 Å². The molecule has 1 amide bonds. The maximum absolute atomic E-state index is 10.9. The van der Waals surface area contributed by atoms with Crippen molar-refractivity contribution in [2.24, 2.45) is 0 Å². The standard InChI is InChI=1S/C19H20N4O3S/c1-12(2)21-18-16-9-15(7-8-17(16)22-23-19(18)20-11-24)14-5-3-13(4-6-14)10-27(25)26/h3-9,11-12,27H,10H2,1-2H3,(H,21,22)(H,20,23,24). The number of nitrogens with one attached hydrogen (secondary N) is 2. The van der Waals surface area contributed by atoms with Crippen LogP contribution in [-0.4, -0.2) is 31.1 Å². The molecule has 1 aromatic heterocycles. The zero-order valence-electron chi connectivity index (χ0n) is 15.0. The summed E-state index contributed by atoms with van der Waals surface area (Å²) in [7, 11) is -2.44. The van der Waals surface area contributed by atoms with Gasteiger partial charge in [0, 0.05) is 11.4 Å². The summed E-state index contributed by atoms with van der Waals surface area (Å²) in [6.07, 6.45) is 0.574. The highest BCUT2D eigenvalue weighted by atomic mass is 32.2. The molecule has 27 heavy (non-hydrogen) atoms. The van der Waals surface area contributed by atoms with Crippen LogP contribution in [0.5, 0.6) is 0 Å². The van der Waals surface area contributed by atoms with Gasteiger partial charge in [0.25, 0.3) is 0 Å². The van der Waals surface area contributed by atoms with Crippen LogP contribution in [0, 0.1) is 0 Å². The number of benzene rings is 2. The molecule has 0 saturated carbocycles. The molecule has 140 valence electrons. The topological polar surface area (TPSA) is 101 Å². The molecule has 8 heteroatoms. The van der Waals surface area contributed by atoms with Gasteiger partial charge in [-0.3, -0.25) is 4.79 Å². The lowest BCUT2D eigenvalue weighted by atomic mass is 10.0. The van der Waals surface area contributed by atoms with Crippen molar-refractivity contribution in [3.8, 4) is 11.1 Å². The molecule has 0 aliphatic rings. The van der Waals surface area contributed by atoms with Crippen molar-refractivity contribution in [3.63, 3.8) is 0 Å². The van der Waals surface area contributed by atoms with E-state index in [0.29, 0.717) is 23.4 Å². The van der Waals surface area contributed by atoms with Crippen LogP contribution in [0.2, 0.25) is 0 Å². The first-order valence-corrected chi connectivity index (χ1v) is 9.82. The summed E-state index contributed by atoms with van der Waals surface area (Å²) in [5.41, 5.74) is 4.08. The van der Waals surface area contributed by atoms with E-state index < -0.39 is 10.7 Å². The van der Waals surface area contributed by atoms with Gasteiger partial charge in [0.15, 0.2) is 5.82 Å². The monoisotopic (exact) mass is 384 g/mol. The average molecular weight is 384 g/mol. The molecule has 0 saturated heterocycles. The van der Waals surface area contributed by atoms with E-state index in [1.54, 1.807) is 0 Å². The normalized spacial score (nSPS) is 11.1. The molecule has 0 aliphatic heterocycles. The van der Waals surface area contributed by atoms with Crippen LogP contribution in [-0.2, 0) is 21.3 Å². The van der Waals surface area contributed by atoms with E-state index in [4.69, 9.17) is 0 Å². The van der Waals surface area contributed by atoms with Crippen molar-refractivity contribution in [3.05, 3.63) is 48.0 Å². The molecule has 0 atom stereocenters. The number of hydrogen-bond donors (Lipinski definition) is 3. The Kier molecular flexibility index (Phi) is 5.66. The van der Waals surface area contributed by atoms with Gasteiger partial charge in [-0.2, -0.15) is 0 Å². The maximum atomic E-state index is 10.9. The Morgan fingerprint density at radius 3 is 2.37 bits per heavy atom. The molecule has 0 spiro atoms. The smallest absolute Gasteiger partial charge is 0.212 e. The number of nitrogens with zero attached hydrogens (tertiary/aromatic N) is 2. The van der Waals surface area contributed by atoms with Gasteiger partial charge in [-0.1, -0.05) is 30.3 Å². The lowest BCUT2D eigenvalue weighted by Gasteiger charge is -2.16. The van der Waals surface area contributed by atoms with Gasteiger partial charge >= 0.3 is 0 Å². The number of carbonyl (C=O) groups is 1. The fourth-order valence-electron chi connectivity index (χ4n) is 2.83. The molecule has 0 fully saturated rings. The third-order valence-corrected chi connectivity index (χ3v) is 4.61. The SMILES string of the molecule is CC(C)Nc1c(NC=O)nnc2ccc(-c3ccc(C[SH](=O)=O)cc3)cc12. The molecule has 0 unspecified atom stereocenters. The first kappa shape index (κ1) is 18.8. The first-order valence-electron chi connectivity index (χ1n) is 8.46. The first-order chi connectivity index (χ1) is 13.0. The number of fused-ring (bicyclic) bond motifs is 1. The van der Waals surface area contributed by atoms with Gasteiger partial charge in [-0.15, -0.1) is 10.2 Å². The summed E-state index contributed by atoms with van der Waals surface area (Å²) in [4.78, 5) is 10.9. The van der Waals surface area contributed by atoms with Crippen molar-refractivity contribution >= 4 is 39.5 Å². The lowest BCUT2D eigenvalue weighted by Crippen LogP contribution is -2.13. The van der Waals surface area contributed by atoms with Crippen molar-refractivity contribution in [2.75, 3.05) is 10.6 Å². The molecular formula is C19H20N4O3S. The Hall–Kier alpha value is -3.00. The third kappa shape index (κ3) is 4.40. The van der Waals surface area contributed by atoms with Gasteiger partial charge in [-0.05, 0) is 42.7 Å². The van der Waals surface area contributed by atoms with Gasteiger partial charge in [0.1, 0.15) is 10.7 Å². The van der Waals surface area contributed by atoms with Gasteiger partial charge < -0.3 is 10.6 Å². The number of rotatable bonds is 7. The minimum Gasteiger partial charge on any atom is -0.379 e. The van der Waals surface area contributed by atoms with Crippen LogP contribution in [0.3, 0.4) is 0 Å². The molecule has 3 rings (SSSR count). The predicted octanol–water partition coefficient (Wildman–Crippen LogP) is 2.80. The summed E-state index contributed by atoms with van der Waals surface area (Å²) in [6, 6.07) is 13.3. The third-order valence-electron chi connectivity index (χ3n) is 3.99. The highest BCUT2D eigenvalue weighted by Crippen LogP contribution is 2.32. The predicted molar refractivity (Wildman–Crippen MR) is 107 cm³/mol. The van der Waals surface area contributed by atoms with Crippen LogP contribution in [0.25, 0.3) is 22.0 Å². The largest absolute Gasteiger partial charge is 0.379 e. The molecule has 0 aliphatic carbocycles. The minimum absolute atomic E-state index is 0.0338. The fourth-order valence-corrected chi connectivity index (χ4v) is 3.34. The Labute approximate surface area is 158 Å². The Balaban J connectivity index is 2.08. The highest BCUT2D eigenvalue weighted by Gasteiger charge is 2.13. The van der Waals surface area contributed by atoms with Gasteiger partial charge in [0.05, 0.1) is 17.0 Å². The lowest BCUT2D eigenvalue weighted by molar-refractivity contribution is -0.105. The van der Waals surface area contributed by atoms with E-state index in [1.807, 2.05) is 56.3 Å². The number of thiol groups is 1. The number of carbonyl (C=O) groups excluding carboxylic acids is 1. The minimum atomic E-state index is -2.44. The van der Waals surface area contributed by atoms with Crippen LogP contribution < -0.4 is 10.6 Å². The van der Waals surface area contributed by atoms with Crippen LogP contribution in [0.1, 0.15) is 19.4 Å². The molecule has 0 radical (unpaired) electrons. The summed E-state index contributed by atoms with van der Waals surface area (Å²) in [5, 5.41) is 15.0. The Morgan fingerprint density at radius 1 is 1.04 bits per heavy atom. The van der Waals surface area contributed by atoms with Crippen molar-refractivity contribution in [1.29, 1.82) is 0 Å². The Bertz CT molecular complexity index is 1040. The number of amides is 1. The molecule has 1 heterocycles. The van der Waals surface area contributed by atoms with Crippen molar-refractivity contribution in [1.82, 2.24) is 10.2 Å². The van der Waals surface area contributed by atoms with E-state index in [-0.39, 0.29) is 11.8 Å². The van der Waals surface area contributed by atoms with Crippen molar-refractivity contribution < 1.29 is 13.2 Å². The zero-order valence-corrected chi connectivity index (χ0v) is 15.9. The number of anilines is 2.